The van der Waals surface area contributed by atoms with Gasteiger partial charge in [-0.15, -0.1) is 0 Å². The predicted molar refractivity (Wildman–Crippen MR) is 130 cm³/mol. The molecule has 7 atom stereocenters. The molecular formula is C30H37NO2. The molecule has 4 aliphatic rings. The summed E-state index contributed by atoms with van der Waals surface area (Å²) in [7, 11) is 0. The van der Waals surface area contributed by atoms with Crippen LogP contribution in [0, 0.1) is 45.8 Å². The molecule has 0 spiro atoms. The number of ketones is 1. The number of fused-ring (bicyclic) bond motifs is 5. The van der Waals surface area contributed by atoms with Crippen LogP contribution in [0.25, 0.3) is 0 Å². The monoisotopic (exact) mass is 443 g/mol. The number of hydrogen-bond donors (Lipinski definition) is 1. The van der Waals surface area contributed by atoms with Crippen LogP contribution in [0.1, 0.15) is 82.5 Å². The summed E-state index contributed by atoms with van der Waals surface area (Å²) in [5, 5.41) is 20.2. The maximum Gasteiger partial charge on any atom is 0.203 e. The number of carbonyl (C=O) groups excluding carboxylic acids is 1. The third-order valence-electron chi connectivity index (χ3n) is 10.4. The largest absolute Gasteiger partial charge is 0.393 e. The van der Waals surface area contributed by atoms with Crippen LogP contribution in [-0.2, 0) is 0 Å². The highest BCUT2D eigenvalue weighted by Gasteiger charge is 2.59. The fourth-order valence-corrected chi connectivity index (χ4v) is 8.58. The van der Waals surface area contributed by atoms with E-state index in [0.29, 0.717) is 34.8 Å². The summed E-state index contributed by atoms with van der Waals surface area (Å²) in [5.74, 6) is 2.20. The SMILES string of the molecule is C/C(=C(/C#N)C(=O)c1ccccc1)[C@H]1CC[C@H]2[C@@H]3CC=C4C[C@@H](O)CC[C@]4(C)[C@H]3CC[C@]12C. The molecule has 0 aromatic heterocycles. The first-order valence-electron chi connectivity index (χ1n) is 12.9. The predicted octanol–water partition coefficient (Wildman–Crippen LogP) is 6.65. The van der Waals surface area contributed by atoms with Crippen molar-refractivity contribution in [3.05, 3.63) is 58.7 Å². The molecule has 1 N–H and O–H groups in total. The molecule has 0 saturated heterocycles. The number of benzene rings is 1. The van der Waals surface area contributed by atoms with Crippen LogP contribution < -0.4 is 0 Å². The van der Waals surface area contributed by atoms with E-state index in [2.05, 4.69) is 26.0 Å². The molecule has 3 fully saturated rings. The molecule has 33 heavy (non-hydrogen) atoms. The minimum absolute atomic E-state index is 0.130. The van der Waals surface area contributed by atoms with Crippen LogP contribution >= 0.6 is 0 Å². The van der Waals surface area contributed by atoms with E-state index >= 15 is 0 Å². The summed E-state index contributed by atoms with van der Waals surface area (Å²) in [6, 6.07) is 11.5. The fraction of sp³-hybridized carbons (Fsp3) is 0.600. The van der Waals surface area contributed by atoms with Crippen molar-refractivity contribution in [2.75, 3.05) is 0 Å². The van der Waals surface area contributed by atoms with Gasteiger partial charge >= 0.3 is 0 Å². The molecule has 4 aliphatic carbocycles. The van der Waals surface area contributed by atoms with Gasteiger partial charge in [-0.05, 0) is 98.4 Å². The number of nitriles is 1. The van der Waals surface area contributed by atoms with E-state index in [1.54, 1.807) is 0 Å². The smallest absolute Gasteiger partial charge is 0.203 e. The van der Waals surface area contributed by atoms with Crippen molar-refractivity contribution in [2.45, 2.75) is 78.2 Å². The quantitative estimate of drug-likeness (QED) is 0.246. The van der Waals surface area contributed by atoms with Gasteiger partial charge in [-0.2, -0.15) is 5.26 Å². The molecule has 3 nitrogen and oxygen atoms in total. The standard InChI is InChI=1S/C30H37NO2/c1-19(24(18-31)28(33)20-7-5-4-6-8-20)25-11-12-26-23-10-9-21-17-22(32)13-15-29(21,2)27(23)14-16-30(25,26)3/h4-9,22-23,25-27,32H,10-17H2,1-3H3/b24-19+/t22-,23-,25+,26-,27-,29-,30+/m0/s1. The molecule has 0 amide bonds. The molecule has 0 bridgehead atoms. The second-order valence-corrected chi connectivity index (χ2v) is 11.7. The molecule has 0 unspecified atom stereocenters. The van der Waals surface area contributed by atoms with E-state index in [9.17, 15) is 15.2 Å². The maximum absolute atomic E-state index is 13.2. The topological polar surface area (TPSA) is 61.1 Å². The Morgan fingerprint density at radius 1 is 1.06 bits per heavy atom. The van der Waals surface area contributed by atoms with E-state index < -0.39 is 0 Å². The zero-order chi connectivity index (χ0) is 23.4. The van der Waals surface area contributed by atoms with Crippen LogP contribution in [0.4, 0.5) is 0 Å². The van der Waals surface area contributed by atoms with Gasteiger partial charge in [-0.25, -0.2) is 0 Å². The summed E-state index contributed by atoms with van der Waals surface area (Å²) in [6.07, 6.45) is 11.0. The van der Waals surface area contributed by atoms with Crippen molar-refractivity contribution in [2.24, 2.45) is 34.5 Å². The number of rotatable bonds is 3. The van der Waals surface area contributed by atoms with Gasteiger partial charge in [0.25, 0.3) is 0 Å². The molecule has 5 rings (SSSR count). The highest BCUT2D eigenvalue weighted by Crippen LogP contribution is 2.67. The Labute approximate surface area is 198 Å². The highest BCUT2D eigenvalue weighted by atomic mass is 16.3. The van der Waals surface area contributed by atoms with E-state index in [4.69, 9.17) is 0 Å². The molecule has 0 aliphatic heterocycles. The first kappa shape index (κ1) is 22.6. The number of aliphatic hydroxyl groups excluding tert-OH is 1. The van der Waals surface area contributed by atoms with E-state index in [1.807, 2.05) is 37.3 Å². The molecule has 0 heterocycles. The Morgan fingerprint density at radius 3 is 2.55 bits per heavy atom. The summed E-state index contributed by atoms with van der Waals surface area (Å²) >= 11 is 0. The second kappa shape index (κ2) is 8.24. The zero-order valence-corrected chi connectivity index (χ0v) is 20.3. The normalized spacial score (nSPS) is 40.5. The van der Waals surface area contributed by atoms with Gasteiger partial charge in [0.15, 0.2) is 0 Å². The first-order valence-corrected chi connectivity index (χ1v) is 12.9. The van der Waals surface area contributed by atoms with Gasteiger partial charge in [0, 0.05) is 5.56 Å². The van der Waals surface area contributed by atoms with Crippen molar-refractivity contribution >= 4 is 5.78 Å². The van der Waals surface area contributed by atoms with Gasteiger partial charge in [-0.1, -0.05) is 55.8 Å². The van der Waals surface area contributed by atoms with Crippen LogP contribution in [0.5, 0.6) is 0 Å². The highest BCUT2D eigenvalue weighted by molar-refractivity contribution is 6.11. The van der Waals surface area contributed by atoms with Crippen molar-refractivity contribution in [3.63, 3.8) is 0 Å². The van der Waals surface area contributed by atoms with Gasteiger partial charge in [0.2, 0.25) is 5.78 Å². The third-order valence-corrected chi connectivity index (χ3v) is 10.4. The van der Waals surface area contributed by atoms with Crippen molar-refractivity contribution < 1.29 is 9.90 Å². The summed E-state index contributed by atoms with van der Waals surface area (Å²) in [5.41, 5.74) is 3.88. The third kappa shape index (κ3) is 3.45. The molecule has 1 aromatic rings. The lowest BCUT2D eigenvalue weighted by molar-refractivity contribution is -0.0454. The van der Waals surface area contributed by atoms with Crippen molar-refractivity contribution in [3.8, 4) is 6.07 Å². The van der Waals surface area contributed by atoms with Crippen LogP contribution in [0.2, 0.25) is 0 Å². The molecule has 3 heteroatoms. The van der Waals surface area contributed by atoms with Crippen molar-refractivity contribution in [1.82, 2.24) is 0 Å². The van der Waals surface area contributed by atoms with Gasteiger partial charge < -0.3 is 5.11 Å². The van der Waals surface area contributed by atoms with E-state index in [0.717, 1.165) is 37.7 Å². The lowest BCUT2D eigenvalue weighted by Gasteiger charge is -2.58. The number of nitrogens with zero attached hydrogens (tertiary/aromatic N) is 1. The number of allylic oxidation sites excluding steroid dienone is 3. The summed E-state index contributed by atoms with van der Waals surface area (Å²) in [6.45, 7) is 6.96. The van der Waals surface area contributed by atoms with Crippen LogP contribution in [0.15, 0.2) is 53.1 Å². The van der Waals surface area contributed by atoms with Crippen molar-refractivity contribution in [1.29, 1.82) is 5.26 Å². The Morgan fingerprint density at radius 2 is 1.82 bits per heavy atom. The minimum atomic E-state index is -0.162. The zero-order valence-electron chi connectivity index (χ0n) is 20.3. The number of Topliss-reactive ketones (excluding diaryl/α,β-unsaturated/α-hetero) is 1. The molecule has 1 aromatic carbocycles. The first-order chi connectivity index (χ1) is 15.8. The number of hydrogen-bond acceptors (Lipinski definition) is 3. The summed E-state index contributed by atoms with van der Waals surface area (Å²) in [4.78, 5) is 13.2. The molecular weight excluding hydrogens is 406 g/mol. The van der Waals surface area contributed by atoms with Crippen LogP contribution in [0.3, 0.4) is 0 Å². The van der Waals surface area contributed by atoms with Gasteiger partial charge in [0.1, 0.15) is 6.07 Å². The Hall–Kier alpha value is -2.18. The molecule has 174 valence electrons. The lowest BCUT2D eigenvalue weighted by atomic mass is 9.47. The number of carbonyl (C=O) groups is 1. The average Bonchev–Trinajstić information content (AvgIpc) is 3.17. The van der Waals surface area contributed by atoms with Gasteiger partial charge in [-0.3, -0.25) is 4.79 Å². The van der Waals surface area contributed by atoms with Gasteiger partial charge in [0.05, 0.1) is 11.7 Å². The second-order valence-electron chi connectivity index (χ2n) is 11.7. The average molecular weight is 444 g/mol. The van der Waals surface area contributed by atoms with Crippen LogP contribution in [-0.4, -0.2) is 17.0 Å². The maximum atomic E-state index is 13.2. The Bertz CT molecular complexity index is 1050. The van der Waals surface area contributed by atoms with E-state index in [-0.39, 0.29) is 22.7 Å². The fourth-order valence-electron chi connectivity index (χ4n) is 8.58. The number of aliphatic hydroxyl groups is 1. The minimum Gasteiger partial charge on any atom is -0.393 e. The Kier molecular flexibility index (Phi) is 5.65. The lowest BCUT2D eigenvalue weighted by Crippen LogP contribution is -2.50. The Balaban J connectivity index is 1.45. The molecule has 3 saturated carbocycles. The molecule has 0 radical (unpaired) electrons. The summed E-state index contributed by atoms with van der Waals surface area (Å²) < 4.78 is 0. The van der Waals surface area contributed by atoms with E-state index in [1.165, 1.54) is 24.8 Å².